The van der Waals surface area contributed by atoms with Gasteiger partial charge in [0.2, 0.25) is 0 Å². The van der Waals surface area contributed by atoms with Gasteiger partial charge in [0.1, 0.15) is 0 Å². The first kappa shape index (κ1) is 18.1. The summed E-state index contributed by atoms with van der Waals surface area (Å²) < 4.78 is 9.09. The Labute approximate surface area is 153 Å². The molecule has 0 aliphatic rings. The number of ether oxygens (including phenoxy) is 1. The summed E-state index contributed by atoms with van der Waals surface area (Å²) in [4.78, 5) is 12.8. The zero-order chi connectivity index (χ0) is 18.0. The highest BCUT2D eigenvalue weighted by molar-refractivity contribution is 7.24. The minimum Gasteiger partial charge on any atom is -0.324 e. The molecule has 0 saturated carbocycles. The SMILES string of the molecule is CCC(OCc1ccc2sc3ccccc3c(=O)c2c1)[N+](C)(C)CC. The summed E-state index contributed by atoms with van der Waals surface area (Å²) in [6.45, 7) is 5.89. The largest absolute Gasteiger partial charge is 0.324 e. The molecule has 132 valence electrons. The van der Waals surface area contributed by atoms with Crippen LogP contribution < -0.4 is 5.43 Å². The Morgan fingerprint density at radius 2 is 1.76 bits per heavy atom. The first-order valence-electron chi connectivity index (χ1n) is 8.85. The maximum absolute atomic E-state index is 12.8. The average molecular weight is 357 g/mol. The number of rotatable bonds is 6. The van der Waals surface area contributed by atoms with Crippen LogP contribution in [0.2, 0.25) is 0 Å². The maximum Gasteiger partial charge on any atom is 0.195 e. The van der Waals surface area contributed by atoms with Crippen LogP contribution in [0.25, 0.3) is 20.2 Å². The number of benzene rings is 2. The number of fused-ring (bicyclic) bond motifs is 2. The van der Waals surface area contributed by atoms with E-state index in [1.807, 2.05) is 36.4 Å². The third kappa shape index (κ3) is 3.61. The van der Waals surface area contributed by atoms with Gasteiger partial charge in [-0.2, -0.15) is 0 Å². The number of hydrogen-bond donors (Lipinski definition) is 0. The molecule has 4 heteroatoms. The Bertz CT molecular complexity index is 945. The van der Waals surface area contributed by atoms with E-state index >= 15 is 0 Å². The molecule has 0 spiro atoms. The summed E-state index contributed by atoms with van der Waals surface area (Å²) in [6.07, 6.45) is 1.13. The highest BCUT2D eigenvalue weighted by Gasteiger charge is 2.25. The molecule has 0 N–H and O–H groups in total. The molecule has 1 atom stereocenters. The van der Waals surface area contributed by atoms with E-state index in [0.717, 1.165) is 43.2 Å². The van der Waals surface area contributed by atoms with Gasteiger partial charge in [0.05, 0.1) is 27.2 Å². The van der Waals surface area contributed by atoms with Crippen molar-refractivity contribution < 1.29 is 9.22 Å². The Balaban J connectivity index is 1.92. The highest BCUT2D eigenvalue weighted by atomic mass is 32.1. The Kier molecular flexibility index (Phi) is 5.23. The summed E-state index contributed by atoms with van der Waals surface area (Å²) in [7, 11) is 4.39. The molecular weight excluding hydrogens is 330 g/mol. The molecular formula is C21H26NO2S+. The predicted octanol–water partition coefficient (Wildman–Crippen LogP) is 4.76. The second-order valence-corrected chi connectivity index (χ2v) is 8.11. The predicted molar refractivity (Wildman–Crippen MR) is 107 cm³/mol. The first-order valence-corrected chi connectivity index (χ1v) is 9.66. The molecule has 0 aliphatic heterocycles. The van der Waals surface area contributed by atoms with Gasteiger partial charge in [-0.25, -0.2) is 0 Å². The lowest BCUT2D eigenvalue weighted by molar-refractivity contribution is -0.936. The molecule has 1 heterocycles. The van der Waals surface area contributed by atoms with Crippen molar-refractivity contribution in [3.05, 3.63) is 58.3 Å². The topological polar surface area (TPSA) is 26.3 Å². The van der Waals surface area contributed by atoms with E-state index in [1.165, 1.54) is 0 Å². The normalized spacial score (nSPS) is 13.4. The molecule has 1 aromatic heterocycles. The molecule has 0 radical (unpaired) electrons. The summed E-state index contributed by atoms with van der Waals surface area (Å²) in [5.41, 5.74) is 1.17. The van der Waals surface area contributed by atoms with Crippen LogP contribution in [0.15, 0.2) is 47.3 Å². The van der Waals surface area contributed by atoms with Crippen LogP contribution >= 0.6 is 11.3 Å². The zero-order valence-corrected chi connectivity index (χ0v) is 16.2. The summed E-state index contributed by atoms with van der Waals surface area (Å²) in [5.74, 6) is 0. The fourth-order valence-electron chi connectivity index (χ4n) is 3.15. The van der Waals surface area contributed by atoms with Gasteiger partial charge in [-0.1, -0.05) is 25.1 Å². The second-order valence-electron chi connectivity index (χ2n) is 7.03. The van der Waals surface area contributed by atoms with Crippen LogP contribution in [0.4, 0.5) is 0 Å². The fourth-order valence-corrected chi connectivity index (χ4v) is 4.20. The van der Waals surface area contributed by atoms with Crippen molar-refractivity contribution in [2.24, 2.45) is 0 Å². The van der Waals surface area contributed by atoms with Crippen molar-refractivity contribution in [3.8, 4) is 0 Å². The molecule has 0 saturated heterocycles. The van der Waals surface area contributed by atoms with E-state index in [-0.39, 0.29) is 11.7 Å². The van der Waals surface area contributed by atoms with Crippen molar-refractivity contribution in [2.45, 2.75) is 33.1 Å². The standard InChI is InChI=1S/C21H26NO2S/c1-5-20(22(3,4)6-2)24-14-15-11-12-19-17(13-15)21(23)16-9-7-8-10-18(16)25-19/h7-13,20H,5-6,14H2,1-4H3/q+1. The van der Waals surface area contributed by atoms with Crippen molar-refractivity contribution in [1.82, 2.24) is 0 Å². The lowest BCUT2D eigenvalue weighted by Gasteiger charge is -2.36. The molecule has 2 aromatic carbocycles. The van der Waals surface area contributed by atoms with Crippen LogP contribution in [0, 0.1) is 0 Å². The lowest BCUT2D eigenvalue weighted by atomic mass is 10.1. The van der Waals surface area contributed by atoms with E-state index < -0.39 is 0 Å². The van der Waals surface area contributed by atoms with Crippen LogP contribution in [0.3, 0.4) is 0 Å². The molecule has 0 amide bonds. The third-order valence-electron chi connectivity index (χ3n) is 5.03. The van der Waals surface area contributed by atoms with Crippen LogP contribution in [-0.2, 0) is 11.3 Å². The van der Waals surface area contributed by atoms with Gasteiger partial charge >= 0.3 is 0 Å². The molecule has 3 nitrogen and oxygen atoms in total. The van der Waals surface area contributed by atoms with Crippen molar-refractivity contribution >= 4 is 31.5 Å². The van der Waals surface area contributed by atoms with Crippen LogP contribution in [-0.4, -0.2) is 31.4 Å². The minimum atomic E-state index is 0.114. The lowest BCUT2D eigenvalue weighted by Crippen LogP contribution is -2.49. The quantitative estimate of drug-likeness (QED) is 0.361. The molecule has 0 bridgehead atoms. The fraction of sp³-hybridized carbons (Fsp3) is 0.381. The summed E-state index contributed by atoms with van der Waals surface area (Å²) in [5, 5.41) is 1.59. The van der Waals surface area contributed by atoms with Gasteiger partial charge in [-0.3, -0.25) is 4.79 Å². The number of nitrogens with zero attached hydrogens (tertiary/aromatic N) is 1. The van der Waals surface area contributed by atoms with E-state index in [2.05, 4.69) is 34.0 Å². The van der Waals surface area contributed by atoms with E-state index in [1.54, 1.807) is 11.3 Å². The van der Waals surface area contributed by atoms with Crippen molar-refractivity contribution in [2.75, 3.05) is 20.6 Å². The average Bonchev–Trinajstić information content (AvgIpc) is 2.62. The van der Waals surface area contributed by atoms with E-state index in [9.17, 15) is 4.79 Å². The Morgan fingerprint density at radius 3 is 2.48 bits per heavy atom. The second kappa shape index (κ2) is 7.24. The van der Waals surface area contributed by atoms with Gasteiger partial charge in [0.15, 0.2) is 11.7 Å². The van der Waals surface area contributed by atoms with E-state index in [4.69, 9.17) is 4.74 Å². The van der Waals surface area contributed by atoms with Gasteiger partial charge in [-0.05, 0) is 36.8 Å². The monoisotopic (exact) mass is 356 g/mol. The van der Waals surface area contributed by atoms with Crippen molar-refractivity contribution in [3.63, 3.8) is 0 Å². The third-order valence-corrected chi connectivity index (χ3v) is 6.18. The molecule has 3 rings (SSSR count). The Morgan fingerprint density at radius 1 is 1.04 bits per heavy atom. The summed E-state index contributed by atoms with van der Waals surface area (Å²) in [6, 6.07) is 13.9. The molecule has 0 aliphatic carbocycles. The minimum absolute atomic E-state index is 0.114. The Hall–Kier alpha value is -1.75. The summed E-state index contributed by atoms with van der Waals surface area (Å²) >= 11 is 1.67. The molecule has 25 heavy (non-hydrogen) atoms. The van der Waals surface area contributed by atoms with E-state index in [0.29, 0.717) is 6.61 Å². The number of quaternary nitrogens is 1. The number of hydrogen-bond acceptors (Lipinski definition) is 3. The molecule has 0 fully saturated rings. The molecule has 1 unspecified atom stereocenters. The zero-order valence-electron chi connectivity index (χ0n) is 15.4. The van der Waals surface area contributed by atoms with Gasteiger partial charge in [-0.15, -0.1) is 11.3 Å². The van der Waals surface area contributed by atoms with Gasteiger partial charge < -0.3 is 9.22 Å². The highest BCUT2D eigenvalue weighted by Crippen LogP contribution is 2.25. The van der Waals surface area contributed by atoms with Crippen LogP contribution in [0.5, 0.6) is 0 Å². The van der Waals surface area contributed by atoms with Gasteiger partial charge in [0, 0.05) is 26.6 Å². The van der Waals surface area contributed by atoms with Crippen molar-refractivity contribution in [1.29, 1.82) is 0 Å². The van der Waals surface area contributed by atoms with Crippen LogP contribution in [0.1, 0.15) is 25.8 Å². The van der Waals surface area contributed by atoms with Gasteiger partial charge in [0.25, 0.3) is 0 Å². The first-order chi connectivity index (χ1) is 12.0. The molecule has 3 aromatic rings. The smallest absolute Gasteiger partial charge is 0.195 e. The maximum atomic E-state index is 12.8.